The topological polar surface area (TPSA) is 62.9 Å². The number of para-hydroxylation sites is 1. The van der Waals surface area contributed by atoms with Crippen LogP contribution < -0.4 is 11.1 Å². The Hall–Kier alpha value is -1.59. The maximum absolute atomic E-state index is 5.93. The standard InChI is InChI=1S/C16H26N4O/c1-21-12-11-20-9-7-14(8-10-20)13-18-16(17)19-15-5-3-2-4-6-15/h2-6,14H,7-13H2,1H3,(H3,17,18,19). The van der Waals surface area contributed by atoms with Gasteiger partial charge in [-0.2, -0.15) is 0 Å². The van der Waals surface area contributed by atoms with Crippen LogP contribution in [0.5, 0.6) is 0 Å². The molecule has 21 heavy (non-hydrogen) atoms. The number of benzene rings is 1. The molecule has 1 heterocycles. The number of hydrogen-bond donors (Lipinski definition) is 2. The molecule has 0 aromatic heterocycles. The van der Waals surface area contributed by atoms with E-state index < -0.39 is 0 Å². The molecule has 0 amide bonds. The van der Waals surface area contributed by atoms with E-state index in [9.17, 15) is 0 Å². The first-order valence-electron chi connectivity index (χ1n) is 7.61. The molecule has 0 radical (unpaired) electrons. The lowest BCUT2D eigenvalue weighted by Crippen LogP contribution is -2.37. The van der Waals surface area contributed by atoms with Gasteiger partial charge in [-0.05, 0) is 44.0 Å². The molecular weight excluding hydrogens is 264 g/mol. The Morgan fingerprint density at radius 3 is 2.71 bits per heavy atom. The van der Waals surface area contributed by atoms with Crippen molar-refractivity contribution < 1.29 is 4.74 Å². The summed E-state index contributed by atoms with van der Waals surface area (Å²) < 4.78 is 5.12. The van der Waals surface area contributed by atoms with Crippen LogP contribution in [0.15, 0.2) is 35.3 Å². The van der Waals surface area contributed by atoms with Crippen molar-refractivity contribution in [3.63, 3.8) is 0 Å². The summed E-state index contributed by atoms with van der Waals surface area (Å²) in [5, 5.41) is 3.12. The third-order valence-corrected chi connectivity index (χ3v) is 3.88. The zero-order valence-corrected chi connectivity index (χ0v) is 12.8. The Morgan fingerprint density at radius 2 is 2.05 bits per heavy atom. The van der Waals surface area contributed by atoms with Crippen LogP contribution in [0, 0.1) is 5.92 Å². The molecule has 5 nitrogen and oxygen atoms in total. The lowest BCUT2D eigenvalue weighted by molar-refractivity contribution is 0.121. The van der Waals surface area contributed by atoms with Crippen LogP contribution in [0.2, 0.25) is 0 Å². The number of anilines is 1. The van der Waals surface area contributed by atoms with Crippen LogP contribution in [-0.4, -0.2) is 50.8 Å². The minimum absolute atomic E-state index is 0.503. The fraction of sp³-hybridized carbons (Fsp3) is 0.562. The Morgan fingerprint density at radius 1 is 1.33 bits per heavy atom. The van der Waals surface area contributed by atoms with E-state index in [0.717, 1.165) is 38.5 Å². The number of nitrogens with two attached hydrogens (primary N) is 1. The molecule has 116 valence electrons. The zero-order valence-electron chi connectivity index (χ0n) is 12.8. The van der Waals surface area contributed by atoms with E-state index in [-0.39, 0.29) is 0 Å². The molecule has 1 aliphatic heterocycles. The molecule has 2 rings (SSSR count). The van der Waals surface area contributed by atoms with E-state index in [0.29, 0.717) is 11.9 Å². The lowest BCUT2D eigenvalue weighted by Gasteiger charge is -2.30. The van der Waals surface area contributed by atoms with Gasteiger partial charge < -0.3 is 20.7 Å². The van der Waals surface area contributed by atoms with Crippen LogP contribution >= 0.6 is 0 Å². The molecule has 1 aromatic carbocycles. The summed E-state index contributed by atoms with van der Waals surface area (Å²) in [5.74, 6) is 1.14. The molecule has 0 saturated carbocycles. The van der Waals surface area contributed by atoms with Gasteiger partial charge in [0.05, 0.1) is 6.61 Å². The van der Waals surface area contributed by atoms with Gasteiger partial charge in [-0.25, -0.2) is 0 Å². The SMILES string of the molecule is COCCN1CCC(CN=C(N)Nc2ccccc2)CC1. The third-order valence-electron chi connectivity index (χ3n) is 3.88. The Balaban J connectivity index is 1.70. The minimum atomic E-state index is 0.503. The maximum Gasteiger partial charge on any atom is 0.193 e. The predicted octanol–water partition coefficient (Wildman–Crippen LogP) is 1.77. The number of nitrogens with one attached hydrogen (secondary N) is 1. The highest BCUT2D eigenvalue weighted by molar-refractivity contribution is 5.92. The number of ether oxygens (including phenoxy) is 1. The van der Waals surface area contributed by atoms with Crippen molar-refractivity contribution in [3.05, 3.63) is 30.3 Å². The molecule has 0 unspecified atom stereocenters. The molecule has 0 bridgehead atoms. The van der Waals surface area contributed by atoms with Gasteiger partial charge in [0.15, 0.2) is 5.96 Å². The summed E-state index contributed by atoms with van der Waals surface area (Å²) >= 11 is 0. The van der Waals surface area contributed by atoms with Crippen molar-refractivity contribution in [2.75, 3.05) is 45.2 Å². The summed E-state index contributed by atoms with van der Waals surface area (Å²) in [6.45, 7) is 4.93. The third kappa shape index (κ3) is 5.73. The monoisotopic (exact) mass is 290 g/mol. The molecule has 1 fully saturated rings. The summed E-state index contributed by atoms with van der Waals surface area (Å²) in [4.78, 5) is 6.92. The first kappa shape index (κ1) is 15.8. The van der Waals surface area contributed by atoms with Gasteiger partial charge in [0.1, 0.15) is 0 Å². The van der Waals surface area contributed by atoms with Crippen LogP contribution in [-0.2, 0) is 4.74 Å². The lowest BCUT2D eigenvalue weighted by atomic mass is 9.97. The van der Waals surface area contributed by atoms with Gasteiger partial charge in [-0.3, -0.25) is 4.99 Å². The van der Waals surface area contributed by atoms with E-state index in [1.165, 1.54) is 12.8 Å². The van der Waals surface area contributed by atoms with Crippen molar-refractivity contribution in [1.82, 2.24) is 4.90 Å². The molecule has 1 aromatic rings. The van der Waals surface area contributed by atoms with Crippen molar-refractivity contribution in [2.45, 2.75) is 12.8 Å². The first-order chi connectivity index (χ1) is 10.3. The average molecular weight is 290 g/mol. The van der Waals surface area contributed by atoms with E-state index >= 15 is 0 Å². The van der Waals surface area contributed by atoms with Gasteiger partial charge in [0.25, 0.3) is 0 Å². The summed E-state index contributed by atoms with van der Waals surface area (Å²) in [7, 11) is 1.75. The number of nitrogens with zero attached hydrogens (tertiary/aromatic N) is 2. The second-order valence-corrected chi connectivity index (χ2v) is 5.49. The average Bonchev–Trinajstić information content (AvgIpc) is 2.53. The Labute approximate surface area is 127 Å². The molecule has 5 heteroatoms. The fourth-order valence-corrected chi connectivity index (χ4v) is 2.55. The summed E-state index contributed by atoms with van der Waals surface area (Å²) in [5.41, 5.74) is 6.91. The summed E-state index contributed by atoms with van der Waals surface area (Å²) in [6.07, 6.45) is 2.37. The molecule has 0 aliphatic carbocycles. The zero-order chi connectivity index (χ0) is 14.9. The number of methoxy groups -OCH3 is 1. The van der Waals surface area contributed by atoms with Crippen molar-refractivity contribution in [1.29, 1.82) is 0 Å². The number of guanidine groups is 1. The number of rotatable bonds is 6. The summed E-state index contributed by atoms with van der Waals surface area (Å²) in [6, 6.07) is 9.90. The number of hydrogen-bond acceptors (Lipinski definition) is 3. The number of aliphatic imine (C=N–C) groups is 1. The molecular formula is C16H26N4O. The highest BCUT2D eigenvalue weighted by Crippen LogP contribution is 2.17. The van der Waals surface area contributed by atoms with Gasteiger partial charge in [-0.15, -0.1) is 0 Å². The second-order valence-electron chi connectivity index (χ2n) is 5.49. The van der Waals surface area contributed by atoms with E-state index in [4.69, 9.17) is 10.5 Å². The van der Waals surface area contributed by atoms with Crippen LogP contribution in [0.25, 0.3) is 0 Å². The van der Waals surface area contributed by atoms with Gasteiger partial charge in [0, 0.05) is 25.9 Å². The normalized spacial score (nSPS) is 17.9. The van der Waals surface area contributed by atoms with E-state index in [2.05, 4.69) is 15.2 Å². The molecule has 3 N–H and O–H groups in total. The predicted molar refractivity (Wildman–Crippen MR) is 87.6 cm³/mol. The van der Waals surface area contributed by atoms with Gasteiger partial charge in [-0.1, -0.05) is 18.2 Å². The van der Waals surface area contributed by atoms with Crippen molar-refractivity contribution >= 4 is 11.6 Å². The number of likely N-dealkylation sites (tertiary alicyclic amines) is 1. The Kier molecular flexibility index (Phi) is 6.50. The second kappa shape index (κ2) is 8.64. The number of piperidine rings is 1. The molecule has 0 atom stereocenters. The smallest absolute Gasteiger partial charge is 0.193 e. The van der Waals surface area contributed by atoms with Gasteiger partial charge >= 0.3 is 0 Å². The van der Waals surface area contributed by atoms with Crippen LogP contribution in [0.4, 0.5) is 5.69 Å². The largest absolute Gasteiger partial charge is 0.383 e. The first-order valence-corrected chi connectivity index (χ1v) is 7.61. The Bertz CT molecular complexity index is 427. The minimum Gasteiger partial charge on any atom is -0.383 e. The molecule has 1 saturated heterocycles. The van der Waals surface area contributed by atoms with Crippen molar-refractivity contribution in [2.24, 2.45) is 16.6 Å². The quantitative estimate of drug-likeness (QED) is 0.619. The highest BCUT2D eigenvalue weighted by atomic mass is 16.5. The van der Waals surface area contributed by atoms with E-state index in [1.807, 2.05) is 30.3 Å². The maximum atomic E-state index is 5.93. The van der Waals surface area contributed by atoms with Crippen molar-refractivity contribution in [3.8, 4) is 0 Å². The molecule has 0 spiro atoms. The van der Waals surface area contributed by atoms with E-state index in [1.54, 1.807) is 7.11 Å². The highest BCUT2D eigenvalue weighted by Gasteiger charge is 2.18. The van der Waals surface area contributed by atoms with Gasteiger partial charge in [0.2, 0.25) is 0 Å². The fourth-order valence-electron chi connectivity index (χ4n) is 2.55. The molecule has 1 aliphatic rings. The van der Waals surface area contributed by atoms with Crippen LogP contribution in [0.3, 0.4) is 0 Å². The van der Waals surface area contributed by atoms with Crippen LogP contribution in [0.1, 0.15) is 12.8 Å².